The Balaban J connectivity index is 1.86. The molecule has 0 spiro atoms. The van der Waals surface area contributed by atoms with E-state index in [1.807, 2.05) is 17.9 Å². The Labute approximate surface area is 91.7 Å². The fraction of sp³-hybridized carbons (Fsp3) is 0.750. The maximum absolute atomic E-state index is 6.39. The van der Waals surface area contributed by atoms with Crippen LogP contribution in [0.4, 0.5) is 0 Å². The molecule has 3 nitrogen and oxygen atoms in total. The third-order valence-electron chi connectivity index (χ3n) is 3.52. The molecule has 0 aliphatic heterocycles. The molecule has 1 heterocycles. The van der Waals surface area contributed by atoms with Crippen LogP contribution in [-0.2, 0) is 13.5 Å². The van der Waals surface area contributed by atoms with Crippen molar-refractivity contribution in [2.45, 2.75) is 50.5 Å². The highest BCUT2D eigenvalue weighted by molar-refractivity contribution is 5.05. The average Bonchev–Trinajstić information content (AvgIpc) is 2.63. The van der Waals surface area contributed by atoms with Crippen molar-refractivity contribution in [2.75, 3.05) is 0 Å². The second kappa shape index (κ2) is 4.35. The van der Waals surface area contributed by atoms with Crippen LogP contribution < -0.4 is 5.73 Å². The zero-order valence-electron chi connectivity index (χ0n) is 9.58. The number of aryl methyl sites for hydroxylation is 2. The third-order valence-corrected chi connectivity index (χ3v) is 3.52. The van der Waals surface area contributed by atoms with Gasteiger partial charge in [0.1, 0.15) is 0 Å². The van der Waals surface area contributed by atoms with E-state index in [-0.39, 0.29) is 5.54 Å². The van der Waals surface area contributed by atoms with Gasteiger partial charge in [-0.05, 0) is 31.2 Å². The Morgan fingerprint density at radius 3 is 2.73 bits per heavy atom. The van der Waals surface area contributed by atoms with Crippen LogP contribution in [0.5, 0.6) is 0 Å². The summed E-state index contributed by atoms with van der Waals surface area (Å²) in [7, 11) is 1.96. The van der Waals surface area contributed by atoms with E-state index in [4.69, 9.17) is 5.73 Å². The standard InChI is InChI=1S/C12H21N3/c1-15-10-11(9-14-15)5-8-12(13)6-3-2-4-7-12/h9-10H,2-8,13H2,1H3. The Bertz CT molecular complexity index is 310. The fourth-order valence-corrected chi connectivity index (χ4v) is 2.50. The second-order valence-corrected chi connectivity index (χ2v) is 4.95. The summed E-state index contributed by atoms with van der Waals surface area (Å²) in [5.41, 5.74) is 7.80. The minimum absolute atomic E-state index is 0.105. The molecule has 1 aliphatic rings. The van der Waals surface area contributed by atoms with Crippen LogP contribution in [0.25, 0.3) is 0 Å². The molecule has 0 amide bonds. The molecule has 1 aromatic heterocycles. The largest absolute Gasteiger partial charge is 0.325 e. The minimum atomic E-state index is 0.105. The number of nitrogens with two attached hydrogens (primary N) is 1. The van der Waals surface area contributed by atoms with Crippen LogP contribution in [0.15, 0.2) is 12.4 Å². The van der Waals surface area contributed by atoms with Crippen molar-refractivity contribution in [1.29, 1.82) is 0 Å². The third kappa shape index (κ3) is 2.81. The van der Waals surface area contributed by atoms with Gasteiger partial charge >= 0.3 is 0 Å². The Morgan fingerprint density at radius 2 is 2.13 bits per heavy atom. The van der Waals surface area contributed by atoms with Crippen LogP contribution in [0.3, 0.4) is 0 Å². The molecule has 15 heavy (non-hydrogen) atoms. The smallest absolute Gasteiger partial charge is 0.0521 e. The molecule has 0 radical (unpaired) electrons. The predicted molar refractivity (Wildman–Crippen MR) is 61.5 cm³/mol. The number of nitrogens with zero attached hydrogens (tertiary/aromatic N) is 2. The normalized spacial score (nSPS) is 20.4. The lowest BCUT2D eigenvalue weighted by Crippen LogP contribution is -2.41. The summed E-state index contributed by atoms with van der Waals surface area (Å²) < 4.78 is 1.86. The molecule has 0 aromatic carbocycles. The monoisotopic (exact) mass is 207 g/mol. The molecule has 1 saturated carbocycles. The number of rotatable bonds is 3. The van der Waals surface area contributed by atoms with Crippen molar-refractivity contribution in [3.05, 3.63) is 18.0 Å². The summed E-state index contributed by atoms with van der Waals surface area (Å²) >= 11 is 0. The lowest BCUT2D eigenvalue weighted by Gasteiger charge is -2.33. The average molecular weight is 207 g/mol. The number of hydrogen-bond donors (Lipinski definition) is 1. The van der Waals surface area contributed by atoms with Crippen LogP contribution in [0.2, 0.25) is 0 Å². The molecule has 0 bridgehead atoms. The van der Waals surface area contributed by atoms with E-state index in [0.29, 0.717) is 0 Å². The number of aromatic nitrogens is 2. The van der Waals surface area contributed by atoms with E-state index in [1.165, 1.54) is 37.7 Å². The van der Waals surface area contributed by atoms with Gasteiger partial charge in [0.2, 0.25) is 0 Å². The van der Waals surface area contributed by atoms with Gasteiger partial charge in [-0.25, -0.2) is 0 Å². The summed E-state index contributed by atoms with van der Waals surface area (Å²) in [4.78, 5) is 0. The molecule has 84 valence electrons. The molecule has 2 N–H and O–H groups in total. The van der Waals surface area contributed by atoms with Crippen molar-refractivity contribution in [3.8, 4) is 0 Å². The summed E-state index contributed by atoms with van der Waals surface area (Å²) in [5, 5.41) is 4.18. The predicted octanol–water partition coefficient (Wildman–Crippen LogP) is 2.01. The first-order chi connectivity index (χ1) is 7.18. The van der Waals surface area contributed by atoms with E-state index in [9.17, 15) is 0 Å². The number of hydrogen-bond acceptors (Lipinski definition) is 2. The van der Waals surface area contributed by atoms with Crippen LogP contribution in [0.1, 0.15) is 44.1 Å². The van der Waals surface area contributed by atoms with Crippen LogP contribution >= 0.6 is 0 Å². The van der Waals surface area contributed by atoms with Crippen molar-refractivity contribution in [3.63, 3.8) is 0 Å². The lowest BCUT2D eigenvalue weighted by molar-refractivity contribution is 0.278. The zero-order chi connectivity index (χ0) is 10.7. The highest BCUT2D eigenvalue weighted by Gasteiger charge is 2.26. The molecule has 0 saturated heterocycles. The molecular formula is C12H21N3. The van der Waals surface area contributed by atoms with Crippen LogP contribution in [-0.4, -0.2) is 15.3 Å². The molecule has 0 atom stereocenters. The van der Waals surface area contributed by atoms with Gasteiger partial charge in [-0.3, -0.25) is 4.68 Å². The molecule has 0 unspecified atom stereocenters. The summed E-state index contributed by atoms with van der Waals surface area (Å²) in [5.74, 6) is 0. The first kappa shape index (κ1) is 10.7. The molecule has 2 rings (SSSR count). The van der Waals surface area contributed by atoms with E-state index in [1.54, 1.807) is 0 Å². The van der Waals surface area contributed by atoms with Gasteiger partial charge in [0.25, 0.3) is 0 Å². The fourth-order valence-electron chi connectivity index (χ4n) is 2.50. The molecule has 1 fully saturated rings. The molecule has 1 aromatic rings. The van der Waals surface area contributed by atoms with E-state index < -0.39 is 0 Å². The van der Waals surface area contributed by atoms with Crippen molar-refractivity contribution in [1.82, 2.24) is 9.78 Å². The highest BCUT2D eigenvalue weighted by atomic mass is 15.2. The quantitative estimate of drug-likeness (QED) is 0.824. The van der Waals surface area contributed by atoms with Gasteiger partial charge in [-0.1, -0.05) is 19.3 Å². The summed E-state index contributed by atoms with van der Waals surface area (Å²) in [6.07, 6.45) is 12.6. The van der Waals surface area contributed by atoms with Crippen molar-refractivity contribution >= 4 is 0 Å². The van der Waals surface area contributed by atoms with Crippen molar-refractivity contribution in [2.24, 2.45) is 12.8 Å². The SMILES string of the molecule is Cn1cc(CCC2(N)CCCCC2)cn1. The summed E-state index contributed by atoms with van der Waals surface area (Å²) in [6, 6.07) is 0. The maximum Gasteiger partial charge on any atom is 0.0521 e. The van der Waals surface area contributed by atoms with Gasteiger partial charge in [0, 0.05) is 18.8 Å². The Morgan fingerprint density at radius 1 is 1.40 bits per heavy atom. The molecular weight excluding hydrogens is 186 g/mol. The van der Waals surface area contributed by atoms with E-state index in [2.05, 4.69) is 11.3 Å². The van der Waals surface area contributed by atoms with Gasteiger partial charge in [-0.15, -0.1) is 0 Å². The first-order valence-electron chi connectivity index (χ1n) is 5.94. The van der Waals surface area contributed by atoms with Crippen LogP contribution in [0, 0.1) is 0 Å². The Kier molecular flexibility index (Phi) is 3.10. The molecule has 1 aliphatic carbocycles. The molecule has 3 heteroatoms. The van der Waals surface area contributed by atoms with E-state index >= 15 is 0 Å². The zero-order valence-corrected chi connectivity index (χ0v) is 9.58. The highest BCUT2D eigenvalue weighted by Crippen LogP contribution is 2.29. The van der Waals surface area contributed by atoms with Crippen molar-refractivity contribution < 1.29 is 0 Å². The second-order valence-electron chi connectivity index (χ2n) is 4.95. The van der Waals surface area contributed by atoms with E-state index in [0.717, 1.165) is 12.8 Å². The maximum atomic E-state index is 6.39. The lowest BCUT2D eigenvalue weighted by atomic mass is 9.79. The first-order valence-corrected chi connectivity index (χ1v) is 5.94. The minimum Gasteiger partial charge on any atom is -0.325 e. The summed E-state index contributed by atoms with van der Waals surface area (Å²) in [6.45, 7) is 0. The van der Waals surface area contributed by atoms with Gasteiger partial charge in [0.05, 0.1) is 6.20 Å². The topological polar surface area (TPSA) is 43.8 Å². The Hall–Kier alpha value is -0.830. The van der Waals surface area contributed by atoms with Gasteiger partial charge in [-0.2, -0.15) is 5.10 Å². The van der Waals surface area contributed by atoms with Gasteiger partial charge < -0.3 is 5.73 Å². The van der Waals surface area contributed by atoms with Gasteiger partial charge in [0.15, 0.2) is 0 Å².